The van der Waals surface area contributed by atoms with Crippen molar-refractivity contribution < 1.29 is 34.1 Å². The van der Waals surface area contributed by atoms with E-state index in [9.17, 15) is 24.9 Å². The first-order valence-electron chi connectivity index (χ1n) is 14.5. The van der Waals surface area contributed by atoms with Crippen molar-refractivity contribution >= 4 is 23.6 Å². The van der Waals surface area contributed by atoms with Crippen LogP contribution in [0.15, 0.2) is 93.9 Å². The van der Waals surface area contributed by atoms with E-state index in [-0.39, 0.29) is 38.1 Å². The standard InChI is InChI=1S/C34H37NO7/c1-2-22(17-26-14-15-27(19-36)42-26)13-16-30(38)31-23(21-41-25-11-7-4-8-12-25)18-28-32(29(31)20-37)34(40)35(33(28)39)24-9-5-3-6-10-24/h3-12,14-15,17,28-30,32,36-38H,2,13,16,18-21H2,1H3/b22-17+/t28-,29+,30-,32-/m1/s1. The highest BCUT2D eigenvalue weighted by atomic mass is 16.5. The molecule has 1 fully saturated rings. The van der Waals surface area contributed by atoms with Gasteiger partial charge in [-0.2, -0.15) is 0 Å². The molecule has 1 aliphatic carbocycles. The number of anilines is 1. The number of nitrogens with zero attached hydrogens (tertiary/aromatic N) is 1. The second kappa shape index (κ2) is 13.3. The number of amides is 2. The summed E-state index contributed by atoms with van der Waals surface area (Å²) in [4.78, 5) is 28.6. The van der Waals surface area contributed by atoms with Crippen LogP contribution in [-0.2, 0) is 16.2 Å². The highest BCUT2D eigenvalue weighted by Gasteiger charge is 2.55. The number of imide groups is 1. The van der Waals surface area contributed by atoms with Gasteiger partial charge in [-0.05, 0) is 79.3 Å². The summed E-state index contributed by atoms with van der Waals surface area (Å²) in [6, 6.07) is 21.6. The smallest absolute Gasteiger partial charge is 0.238 e. The van der Waals surface area contributed by atoms with Gasteiger partial charge in [0.1, 0.15) is 30.5 Å². The molecule has 2 aliphatic rings. The summed E-state index contributed by atoms with van der Waals surface area (Å²) in [5, 5.41) is 31.6. The number of carbonyl (C=O) groups is 2. The summed E-state index contributed by atoms with van der Waals surface area (Å²) in [5.41, 5.74) is 2.88. The van der Waals surface area contributed by atoms with Crippen LogP contribution >= 0.6 is 0 Å². The first-order chi connectivity index (χ1) is 20.4. The van der Waals surface area contributed by atoms with Gasteiger partial charge in [-0.15, -0.1) is 0 Å². The molecule has 0 spiro atoms. The van der Waals surface area contributed by atoms with Gasteiger partial charge in [0.25, 0.3) is 0 Å². The molecular weight excluding hydrogens is 534 g/mol. The number of ether oxygens (including phenoxy) is 1. The molecule has 3 N–H and O–H groups in total. The monoisotopic (exact) mass is 571 g/mol. The van der Waals surface area contributed by atoms with Gasteiger partial charge in [-0.3, -0.25) is 14.5 Å². The summed E-state index contributed by atoms with van der Waals surface area (Å²) < 4.78 is 11.7. The third-order valence-corrected chi connectivity index (χ3v) is 8.29. The lowest BCUT2D eigenvalue weighted by atomic mass is 9.68. The van der Waals surface area contributed by atoms with E-state index < -0.39 is 23.9 Å². The van der Waals surface area contributed by atoms with Crippen LogP contribution in [0.3, 0.4) is 0 Å². The van der Waals surface area contributed by atoms with Crippen LogP contribution in [0.2, 0.25) is 0 Å². The number of para-hydroxylation sites is 2. The fraction of sp³-hybridized carbons (Fsp3) is 0.353. The van der Waals surface area contributed by atoms with Gasteiger partial charge < -0.3 is 24.5 Å². The summed E-state index contributed by atoms with van der Waals surface area (Å²) >= 11 is 0. The second-order valence-corrected chi connectivity index (χ2v) is 10.8. The Kier molecular flexibility index (Phi) is 9.37. The normalized spacial score (nSPS) is 21.6. The lowest BCUT2D eigenvalue weighted by molar-refractivity contribution is -0.123. The number of allylic oxidation sites excluding steroid dienone is 1. The maximum atomic E-state index is 13.7. The number of fused-ring (bicyclic) bond motifs is 1. The molecule has 8 nitrogen and oxygen atoms in total. The molecule has 3 aromatic rings. The molecule has 0 radical (unpaired) electrons. The van der Waals surface area contributed by atoms with E-state index in [1.54, 1.807) is 36.4 Å². The minimum absolute atomic E-state index is 0.135. The highest BCUT2D eigenvalue weighted by molar-refractivity contribution is 6.22. The fourth-order valence-electron chi connectivity index (χ4n) is 6.20. The number of benzene rings is 2. The van der Waals surface area contributed by atoms with Crippen LogP contribution < -0.4 is 9.64 Å². The lowest BCUT2D eigenvalue weighted by Gasteiger charge is -2.36. The number of furan rings is 1. The third-order valence-electron chi connectivity index (χ3n) is 8.29. The van der Waals surface area contributed by atoms with Crippen LogP contribution in [0.1, 0.15) is 44.1 Å². The molecule has 220 valence electrons. The molecule has 0 unspecified atom stereocenters. The molecule has 1 aromatic heterocycles. The first-order valence-corrected chi connectivity index (χ1v) is 14.5. The van der Waals surface area contributed by atoms with E-state index in [4.69, 9.17) is 9.15 Å². The zero-order valence-corrected chi connectivity index (χ0v) is 23.7. The molecule has 8 heteroatoms. The first kappa shape index (κ1) is 29.5. The van der Waals surface area contributed by atoms with Gasteiger partial charge in [0.2, 0.25) is 11.8 Å². The van der Waals surface area contributed by atoms with Gasteiger partial charge in [0, 0.05) is 5.92 Å². The Morgan fingerprint density at radius 3 is 2.38 bits per heavy atom. The van der Waals surface area contributed by atoms with Crippen molar-refractivity contribution in [2.75, 3.05) is 18.1 Å². The maximum Gasteiger partial charge on any atom is 0.238 e. The Hall–Kier alpha value is -3.98. The van der Waals surface area contributed by atoms with Crippen LogP contribution in [0.25, 0.3) is 6.08 Å². The number of aliphatic hydroxyl groups excluding tert-OH is 3. The molecule has 1 aliphatic heterocycles. The Balaban J connectivity index is 1.44. The average molecular weight is 572 g/mol. The Labute approximate surface area is 245 Å². The Morgan fingerprint density at radius 2 is 1.74 bits per heavy atom. The van der Waals surface area contributed by atoms with Crippen molar-refractivity contribution in [2.24, 2.45) is 17.8 Å². The van der Waals surface area contributed by atoms with E-state index >= 15 is 0 Å². The zero-order valence-electron chi connectivity index (χ0n) is 23.7. The number of aliphatic hydroxyl groups is 3. The van der Waals surface area contributed by atoms with E-state index in [1.165, 1.54) is 4.90 Å². The predicted molar refractivity (Wildman–Crippen MR) is 158 cm³/mol. The molecule has 4 atom stereocenters. The largest absolute Gasteiger partial charge is 0.489 e. The Bertz CT molecular complexity index is 1440. The highest BCUT2D eigenvalue weighted by Crippen LogP contribution is 2.47. The van der Waals surface area contributed by atoms with E-state index in [1.807, 2.05) is 49.4 Å². The topological polar surface area (TPSA) is 120 Å². The van der Waals surface area contributed by atoms with Crippen molar-refractivity contribution in [1.82, 2.24) is 0 Å². The van der Waals surface area contributed by atoms with Crippen molar-refractivity contribution in [3.8, 4) is 5.75 Å². The minimum atomic E-state index is -0.953. The van der Waals surface area contributed by atoms with Crippen molar-refractivity contribution in [1.29, 1.82) is 0 Å². The van der Waals surface area contributed by atoms with Gasteiger partial charge >= 0.3 is 0 Å². The predicted octanol–water partition coefficient (Wildman–Crippen LogP) is 4.90. The van der Waals surface area contributed by atoms with Gasteiger partial charge in [0.05, 0.1) is 30.2 Å². The van der Waals surface area contributed by atoms with Gasteiger partial charge in [0.15, 0.2) is 0 Å². The third kappa shape index (κ3) is 6.11. The minimum Gasteiger partial charge on any atom is -0.489 e. The van der Waals surface area contributed by atoms with Gasteiger partial charge in [-0.1, -0.05) is 48.9 Å². The van der Waals surface area contributed by atoms with Gasteiger partial charge in [-0.25, -0.2) is 0 Å². The SMILES string of the molecule is CC/C(=C\c1ccc(CO)o1)CC[C@@H](O)C1=C(COc2ccccc2)C[C@H]2C(=O)N(c3ccccc3)C(=O)[C@H]2[C@H]1CO. The molecule has 2 heterocycles. The van der Waals surface area contributed by atoms with Crippen molar-refractivity contribution in [3.05, 3.63) is 101 Å². The molecule has 5 rings (SSSR count). The molecular formula is C34H37NO7. The lowest BCUT2D eigenvalue weighted by Crippen LogP contribution is -2.40. The Morgan fingerprint density at radius 1 is 1.02 bits per heavy atom. The summed E-state index contributed by atoms with van der Waals surface area (Å²) in [6.07, 6.45) is 2.87. The van der Waals surface area contributed by atoms with Crippen LogP contribution in [-0.4, -0.2) is 46.5 Å². The molecule has 1 saturated heterocycles. The molecule has 2 aromatic carbocycles. The zero-order chi connectivity index (χ0) is 29.6. The molecule has 0 bridgehead atoms. The summed E-state index contributed by atoms with van der Waals surface area (Å²) in [7, 11) is 0. The van der Waals surface area contributed by atoms with Crippen molar-refractivity contribution in [2.45, 2.75) is 45.3 Å². The fourth-order valence-corrected chi connectivity index (χ4v) is 6.20. The van der Waals surface area contributed by atoms with Crippen LogP contribution in [0, 0.1) is 17.8 Å². The number of rotatable bonds is 12. The van der Waals surface area contributed by atoms with Crippen LogP contribution in [0.5, 0.6) is 5.75 Å². The molecule has 0 saturated carbocycles. The number of hydrogen-bond acceptors (Lipinski definition) is 7. The van der Waals surface area contributed by atoms with E-state index in [2.05, 4.69) is 0 Å². The number of carbonyl (C=O) groups excluding carboxylic acids is 2. The molecule has 2 amide bonds. The average Bonchev–Trinajstić information content (AvgIpc) is 3.59. The summed E-state index contributed by atoms with van der Waals surface area (Å²) in [5.74, 6) is -1.02. The second-order valence-electron chi connectivity index (χ2n) is 10.8. The maximum absolute atomic E-state index is 13.7. The quantitative estimate of drug-likeness (QED) is 0.209. The van der Waals surface area contributed by atoms with E-state index in [0.717, 1.165) is 17.6 Å². The van der Waals surface area contributed by atoms with Crippen molar-refractivity contribution in [3.63, 3.8) is 0 Å². The number of hydrogen-bond donors (Lipinski definition) is 3. The van der Waals surface area contributed by atoms with Crippen LogP contribution in [0.4, 0.5) is 5.69 Å². The summed E-state index contributed by atoms with van der Waals surface area (Å²) in [6.45, 7) is 1.60. The van der Waals surface area contributed by atoms with E-state index in [0.29, 0.717) is 41.4 Å². The molecule has 42 heavy (non-hydrogen) atoms.